The van der Waals surface area contributed by atoms with Crippen molar-refractivity contribution < 1.29 is 4.79 Å². The molecule has 0 aliphatic heterocycles. The topological polar surface area (TPSA) is 67.8 Å². The van der Waals surface area contributed by atoms with Gasteiger partial charge in [0.15, 0.2) is 5.13 Å². The molecule has 0 radical (unpaired) electrons. The summed E-state index contributed by atoms with van der Waals surface area (Å²) in [5, 5.41) is 6.33. The molecule has 0 bridgehead atoms. The Kier molecular flexibility index (Phi) is 3.66. The SMILES string of the molecule is Cc1nc(-c2ccccn2)sc1C(=O)Nc1nc(C2CC2)cs1. The molecular weight excluding hydrogens is 328 g/mol. The molecule has 0 spiro atoms. The van der Waals surface area contributed by atoms with E-state index in [4.69, 9.17) is 0 Å². The number of aromatic nitrogens is 3. The zero-order valence-corrected chi connectivity index (χ0v) is 14.1. The number of rotatable bonds is 4. The van der Waals surface area contributed by atoms with Gasteiger partial charge in [0.2, 0.25) is 0 Å². The lowest BCUT2D eigenvalue weighted by atomic mass is 10.3. The Morgan fingerprint density at radius 2 is 2.17 bits per heavy atom. The Labute approximate surface area is 141 Å². The quantitative estimate of drug-likeness (QED) is 0.775. The van der Waals surface area contributed by atoms with Gasteiger partial charge in [0.1, 0.15) is 9.88 Å². The summed E-state index contributed by atoms with van der Waals surface area (Å²) in [7, 11) is 0. The fraction of sp³-hybridized carbons (Fsp3) is 0.250. The van der Waals surface area contributed by atoms with Gasteiger partial charge in [-0.2, -0.15) is 0 Å². The summed E-state index contributed by atoms with van der Waals surface area (Å²) in [5.41, 5.74) is 2.59. The molecule has 0 atom stereocenters. The van der Waals surface area contributed by atoms with E-state index in [0.717, 1.165) is 16.4 Å². The highest BCUT2D eigenvalue weighted by Gasteiger charge is 2.26. The van der Waals surface area contributed by atoms with Crippen LogP contribution >= 0.6 is 22.7 Å². The van der Waals surface area contributed by atoms with Crippen LogP contribution in [-0.2, 0) is 0 Å². The van der Waals surface area contributed by atoms with Crippen LogP contribution in [0.4, 0.5) is 5.13 Å². The summed E-state index contributed by atoms with van der Waals surface area (Å²) in [5.74, 6) is 0.441. The van der Waals surface area contributed by atoms with Crippen molar-refractivity contribution in [2.45, 2.75) is 25.7 Å². The maximum atomic E-state index is 12.5. The zero-order chi connectivity index (χ0) is 15.8. The molecule has 0 saturated heterocycles. The highest BCUT2D eigenvalue weighted by molar-refractivity contribution is 7.17. The van der Waals surface area contributed by atoms with Gasteiger partial charge < -0.3 is 0 Å². The van der Waals surface area contributed by atoms with E-state index in [-0.39, 0.29) is 5.91 Å². The van der Waals surface area contributed by atoms with Crippen molar-refractivity contribution in [3.8, 4) is 10.7 Å². The molecule has 1 N–H and O–H groups in total. The molecule has 23 heavy (non-hydrogen) atoms. The van der Waals surface area contributed by atoms with E-state index < -0.39 is 0 Å². The average molecular weight is 342 g/mol. The van der Waals surface area contributed by atoms with Crippen molar-refractivity contribution in [3.05, 3.63) is 46.0 Å². The number of nitrogens with zero attached hydrogens (tertiary/aromatic N) is 3. The van der Waals surface area contributed by atoms with Gasteiger partial charge in [-0.15, -0.1) is 22.7 Å². The van der Waals surface area contributed by atoms with Gasteiger partial charge in [0.05, 0.1) is 17.1 Å². The average Bonchev–Trinajstić information content (AvgIpc) is 3.19. The molecular formula is C16H14N4OS2. The van der Waals surface area contributed by atoms with Crippen molar-refractivity contribution in [2.24, 2.45) is 0 Å². The highest BCUT2D eigenvalue weighted by atomic mass is 32.1. The van der Waals surface area contributed by atoms with Crippen molar-refractivity contribution >= 4 is 33.7 Å². The molecule has 0 unspecified atom stereocenters. The second kappa shape index (κ2) is 5.82. The Morgan fingerprint density at radius 3 is 2.91 bits per heavy atom. The first kappa shape index (κ1) is 14.5. The first-order valence-electron chi connectivity index (χ1n) is 7.36. The normalized spacial score (nSPS) is 14.0. The minimum Gasteiger partial charge on any atom is -0.297 e. The van der Waals surface area contributed by atoms with E-state index in [0.29, 0.717) is 21.6 Å². The number of hydrogen-bond acceptors (Lipinski definition) is 6. The Balaban J connectivity index is 1.54. The second-order valence-electron chi connectivity index (χ2n) is 5.45. The molecule has 1 aliphatic carbocycles. The van der Waals surface area contributed by atoms with Crippen LogP contribution in [0.15, 0.2) is 29.8 Å². The number of thiazole rings is 2. The van der Waals surface area contributed by atoms with Crippen molar-refractivity contribution in [1.29, 1.82) is 0 Å². The summed E-state index contributed by atoms with van der Waals surface area (Å²) in [4.78, 5) is 26.3. The van der Waals surface area contributed by atoms with Gasteiger partial charge in [0.25, 0.3) is 5.91 Å². The Bertz CT molecular complexity index is 852. The monoisotopic (exact) mass is 342 g/mol. The maximum Gasteiger partial charge on any atom is 0.269 e. The van der Waals surface area contributed by atoms with E-state index in [9.17, 15) is 4.79 Å². The number of anilines is 1. The summed E-state index contributed by atoms with van der Waals surface area (Å²) in [6.07, 6.45) is 4.14. The molecule has 116 valence electrons. The fourth-order valence-corrected chi connectivity index (χ4v) is 4.00. The lowest BCUT2D eigenvalue weighted by Crippen LogP contribution is -2.11. The molecule has 3 aromatic rings. The van der Waals surface area contributed by atoms with E-state index in [2.05, 4.69) is 20.3 Å². The van der Waals surface area contributed by atoms with Crippen molar-refractivity contribution in [2.75, 3.05) is 5.32 Å². The highest BCUT2D eigenvalue weighted by Crippen LogP contribution is 2.41. The smallest absolute Gasteiger partial charge is 0.269 e. The summed E-state index contributed by atoms with van der Waals surface area (Å²) < 4.78 is 0. The largest absolute Gasteiger partial charge is 0.297 e. The lowest BCUT2D eigenvalue weighted by Gasteiger charge is -1.99. The van der Waals surface area contributed by atoms with Gasteiger partial charge in [-0.25, -0.2) is 9.97 Å². The van der Waals surface area contributed by atoms with Crippen LogP contribution in [0.25, 0.3) is 10.7 Å². The molecule has 1 aliphatic rings. The minimum atomic E-state index is -0.154. The predicted octanol–water partition coefficient (Wildman–Crippen LogP) is 4.10. The van der Waals surface area contributed by atoms with Crippen LogP contribution in [0.3, 0.4) is 0 Å². The van der Waals surface area contributed by atoms with Crippen LogP contribution in [0.1, 0.15) is 39.8 Å². The number of pyridine rings is 1. The lowest BCUT2D eigenvalue weighted by molar-refractivity contribution is 0.103. The second-order valence-corrected chi connectivity index (χ2v) is 7.31. The van der Waals surface area contributed by atoms with Crippen LogP contribution in [0.5, 0.6) is 0 Å². The number of hydrogen-bond donors (Lipinski definition) is 1. The third-order valence-corrected chi connectivity index (χ3v) is 5.58. The van der Waals surface area contributed by atoms with Crippen LogP contribution in [0.2, 0.25) is 0 Å². The molecule has 7 heteroatoms. The molecule has 1 fully saturated rings. The molecule has 1 amide bonds. The van der Waals surface area contributed by atoms with E-state index >= 15 is 0 Å². The Morgan fingerprint density at radius 1 is 1.30 bits per heavy atom. The molecule has 1 saturated carbocycles. The van der Waals surface area contributed by atoms with Crippen molar-refractivity contribution in [1.82, 2.24) is 15.0 Å². The molecule has 5 nitrogen and oxygen atoms in total. The van der Waals surface area contributed by atoms with Gasteiger partial charge in [-0.05, 0) is 31.9 Å². The summed E-state index contributed by atoms with van der Waals surface area (Å²) >= 11 is 2.84. The van der Waals surface area contributed by atoms with E-state index in [1.807, 2.05) is 30.5 Å². The molecule has 0 aromatic carbocycles. The zero-order valence-electron chi connectivity index (χ0n) is 12.4. The number of carbonyl (C=O) groups is 1. The van der Waals surface area contributed by atoms with Crippen LogP contribution < -0.4 is 5.32 Å². The maximum absolute atomic E-state index is 12.5. The third kappa shape index (κ3) is 3.02. The van der Waals surface area contributed by atoms with Gasteiger partial charge in [0, 0.05) is 17.5 Å². The third-order valence-electron chi connectivity index (χ3n) is 3.62. The van der Waals surface area contributed by atoms with Gasteiger partial charge in [-0.3, -0.25) is 15.1 Å². The number of nitrogens with one attached hydrogen (secondary N) is 1. The van der Waals surface area contributed by atoms with E-state index in [1.165, 1.54) is 35.5 Å². The van der Waals surface area contributed by atoms with Gasteiger partial charge >= 0.3 is 0 Å². The molecule has 3 aromatic heterocycles. The van der Waals surface area contributed by atoms with E-state index in [1.54, 1.807) is 6.20 Å². The first-order chi connectivity index (χ1) is 11.2. The summed E-state index contributed by atoms with van der Waals surface area (Å²) in [6.45, 7) is 1.84. The number of aryl methyl sites for hydroxylation is 1. The Hall–Kier alpha value is -2.12. The number of amides is 1. The summed E-state index contributed by atoms with van der Waals surface area (Å²) in [6, 6.07) is 5.66. The van der Waals surface area contributed by atoms with Crippen LogP contribution in [0, 0.1) is 6.92 Å². The standard InChI is InChI=1S/C16H14N4OS2/c1-9-13(23-15(18-9)11-4-2-3-7-17-11)14(21)20-16-19-12(8-22-16)10-5-6-10/h2-4,7-8,10H,5-6H2,1H3,(H,19,20,21). The van der Waals surface area contributed by atoms with Crippen LogP contribution in [-0.4, -0.2) is 20.9 Å². The number of carbonyl (C=O) groups excluding carboxylic acids is 1. The molecule has 4 rings (SSSR count). The fourth-order valence-electron chi connectivity index (χ4n) is 2.27. The predicted molar refractivity (Wildman–Crippen MR) is 92.1 cm³/mol. The van der Waals surface area contributed by atoms with Crippen molar-refractivity contribution in [3.63, 3.8) is 0 Å². The molecule has 3 heterocycles. The first-order valence-corrected chi connectivity index (χ1v) is 9.06. The van der Waals surface area contributed by atoms with Gasteiger partial charge in [-0.1, -0.05) is 6.07 Å². The minimum absolute atomic E-state index is 0.154.